The summed E-state index contributed by atoms with van der Waals surface area (Å²) in [5, 5.41) is 8.78. The van der Waals surface area contributed by atoms with Gasteiger partial charge in [0.15, 0.2) is 0 Å². The smallest absolute Gasteiger partial charge is 0.240 e. The monoisotopic (exact) mass is 299 g/mol. The van der Waals surface area contributed by atoms with E-state index < -0.39 is 10.0 Å². The SMILES string of the molecule is CC1OCCC1NS(=O)(=O)c1ccc(CCCO)cc1. The van der Waals surface area contributed by atoms with Crippen LogP contribution in [0.4, 0.5) is 0 Å². The molecule has 0 bridgehead atoms. The van der Waals surface area contributed by atoms with E-state index in [4.69, 9.17) is 9.84 Å². The standard InChI is InChI=1S/C14H21NO4S/c1-11-14(8-10-19-11)15-20(17,18)13-6-4-12(5-7-13)3-2-9-16/h4-7,11,14-16H,2-3,8-10H2,1H3. The minimum absolute atomic E-state index is 0.0893. The van der Waals surface area contributed by atoms with Gasteiger partial charge < -0.3 is 9.84 Å². The van der Waals surface area contributed by atoms with Crippen molar-refractivity contribution in [2.75, 3.05) is 13.2 Å². The Morgan fingerprint density at radius 1 is 1.35 bits per heavy atom. The largest absolute Gasteiger partial charge is 0.396 e. The highest BCUT2D eigenvalue weighted by Crippen LogP contribution is 2.17. The van der Waals surface area contributed by atoms with E-state index in [0.717, 1.165) is 12.0 Å². The van der Waals surface area contributed by atoms with Crippen molar-refractivity contribution in [2.24, 2.45) is 0 Å². The maximum absolute atomic E-state index is 12.3. The molecule has 1 aliphatic heterocycles. The molecule has 1 aromatic carbocycles. The molecule has 2 unspecified atom stereocenters. The molecule has 1 aromatic rings. The van der Waals surface area contributed by atoms with Crippen LogP contribution in [0, 0.1) is 0 Å². The number of hydrogen-bond acceptors (Lipinski definition) is 4. The van der Waals surface area contributed by atoms with E-state index in [2.05, 4.69) is 4.72 Å². The Morgan fingerprint density at radius 3 is 2.60 bits per heavy atom. The van der Waals surface area contributed by atoms with Gasteiger partial charge in [0.25, 0.3) is 0 Å². The molecule has 6 heteroatoms. The Balaban J connectivity index is 2.05. The third-order valence-electron chi connectivity index (χ3n) is 3.54. The second kappa shape index (κ2) is 6.67. The lowest BCUT2D eigenvalue weighted by Gasteiger charge is -2.16. The molecule has 1 saturated heterocycles. The summed E-state index contributed by atoms with van der Waals surface area (Å²) >= 11 is 0. The van der Waals surface area contributed by atoms with Crippen LogP contribution in [0.1, 0.15) is 25.3 Å². The molecule has 0 saturated carbocycles. The Labute approximate surface area is 120 Å². The summed E-state index contributed by atoms with van der Waals surface area (Å²) < 4.78 is 32.6. The number of nitrogens with one attached hydrogen (secondary N) is 1. The van der Waals surface area contributed by atoms with Crippen LogP contribution in [0.3, 0.4) is 0 Å². The van der Waals surface area contributed by atoms with Gasteiger partial charge in [-0.25, -0.2) is 13.1 Å². The van der Waals surface area contributed by atoms with E-state index in [1.165, 1.54) is 0 Å². The average molecular weight is 299 g/mol. The number of hydrogen-bond donors (Lipinski definition) is 2. The van der Waals surface area contributed by atoms with Gasteiger partial charge in [0.1, 0.15) is 0 Å². The minimum atomic E-state index is -3.49. The quantitative estimate of drug-likeness (QED) is 0.824. The molecule has 2 rings (SSSR count). The Bertz CT molecular complexity index is 527. The van der Waals surface area contributed by atoms with Crippen molar-refractivity contribution >= 4 is 10.0 Å². The summed E-state index contributed by atoms with van der Waals surface area (Å²) in [6.07, 6.45) is 2.04. The van der Waals surface area contributed by atoms with Crippen LogP contribution in [-0.2, 0) is 21.2 Å². The van der Waals surface area contributed by atoms with Crippen LogP contribution in [0.2, 0.25) is 0 Å². The zero-order valence-corrected chi connectivity index (χ0v) is 12.4. The Morgan fingerprint density at radius 2 is 2.05 bits per heavy atom. The lowest BCUT2D eigenvalue weighted by Crippen LogP contribution is -2.39. The Hall–Kier alpha value is -0.950. The molecule has 1 heterocycles. The predicted octanol–water partition coefficient (Wildman–Crippen LogP) is 1.07. The van der Waals surface area contributed by atoms with Crippen LogP contribution in [-0.4, -0.2) is 38.9 Å². The Kier molecular flexibility index (Phi) is 5.15. The van der Waals surface area contributed by atoms with Crippen molar-refractivity contribution in [3.8, 4) is 0 Å². The van der Waals surface area contributed by atoms with Gasteiger partial charge in [0.2, 0.25) is 10.0 Å². The summed E-state index contributed by atoms with van der Waals surface area (Å²) in [6, 6.07) is 6.64. The fourth-order valence-corrected chi connectivity index (χ4v) is 3.61. The van der Waals surface area contributed by atoms with Gasteiger partial charge >= 0.3 is 0 Å². The molecule has 0 spiro atoms. The fraction of sp³-hybridized carbons (Fsp3) is 0.571. The third-order valence-corrected chi connectivity index (χ3v) is 5.05. The van der Waals surface area contributed by atoms with Crippen LogP contribution in [0.15, 0.2) is 29.2 Å². The topological polar surface area (TPSA) is 75.6 Å². The van der Waals surface area contributed by atoms with Crippen molar-refractivity contribution in [2.45, 2.75) is 43.2 Å². The first-order valence-corrected chi connectivity index (χ1v) is 8.35. The lowest BCUT2D eigenvalue weighted by molar-refractivity contribution is 0.117. The normalized spacial score (nSPS) is 23.1. The molecule has 112 valence electrons. The third kappa shape index (κ3) is 3.79. The summed E-state index contributed by atoms with van der Waals surface area (Å²) in [5.74, 6) is 0. The van der Waals surface area contributed by atoms with Crippen LogP contribution < -0.4 is 4.72 Å². The number of benzene rings is 1. The fourth-order valence-electron chi connectivity index (χ4n) is 2.27. The summed E-state index contributed by atoms with van der Waals surface area (Å²) in [7, 11) is -3.49. The zero-order chi connectivity index (χ0) is 14.6. The number of sulfonamides is 1. The molecule has 2 atom stereocenters. The number of rotatable bonds is 6. The van der Waals surface area contributed by atoms with Gasteiger partial charge in [-0.1, -0.05) is 12.1 Å². The second-order valence-corrected chi connectivity index (χ2v) is 6.78. The maximum Gasteiger partial charge on any atom is 0.240 e. The van der Waals surface area contributed by atoms with E-state index in [-0.39, 0.29) is 23.6 Å². The lowest BCUT2D eigenvalue weighted by atomic mass is 10.1. The van der Waals surface area contributed by atoms with E-state index >= 15 is 0 Å². The molecule has 20 heavy (non-hydrogen) atoms. The molecule has 0 aliphatic carbocycles. The number of ether oxygens (including phenoxy) is 1. The van der Waals surface area contributed by atoms with Crippen LogP contribution >= 0.6 is 0 Å². The molecule has 0 amide bonds. The first-order valence-electron chi connectivity index (χ1n) is 6.86. The van der Waals surface area contributed by atoms with E-state index in [0.29, 0.717) is 19.4 Å². The molecular weight excluding hydrogens is 278 g/mol. The van der Waals surface area contributed by atoms with Gasteiger partial charge in [-0.15, -0.1) is 0 Å². The minimum Gasteiger partial charge on any atom is -0.396 e. The molecular formula is C14H21NO4S. The van der Waals surface area contributed by atoms with Crippen molar-refractivity contribution < 1.29 is 18.3 Å². The van der Waals surface area contributed by atoms with Gasteiger partial charge in [0, 0.05) is 13.2 Å². The van der Waals surface area contributed by atoms with Gasteiger partial charge in [-0.3, -0.25) is 0 Å². The first kappa shape index (κ1) is 15.4. The molecule has 1 aliphatic rings. The second-order valence-electron chi connectivity index (χ2n) is 5.06. The number of aliphatic hydroxyl groups is 1. The van der Waals surface area contributed by atoms with Crippen LogP contribution in [0.5, 0.6) is 0 Å². The van der Waals surface area contributed by atoms with E-state index in [1.54, 1.807) is 24.3 Å². The van der Waals surface area contributed by atoms with Gasteiger partial charge in [-0.2, -0.15) is 0 Å². The summed E-state index contributed by atoms with van der Waals surface area (Å²) in [5.41, 5.74) is 1.02. The highest BCUT2D eigenvalue weighted by Gasteiger charge is 2.29. The van der Waals surface area contributed by atoms with Gasteiger partial charge in [-0.05, 0) is 43.9 Å². The maximum atomic E-state index is 12.3. The summed E-state index contributed by atoms with van der Waals surface area (Å²) in [6.45, 7) is 2.60. The highest BCUT2D eigenvalue weighted by molar-refractivity contribution is 7.89. The first-order chi connectivity index (χ1) is 9.53. The zero-order valence-electron chi connectivity index (χ0n) is 11.6. The van der Waals surface area contributed by atoms with Crippen molar-refractivity contribution in [1.82, 2.24) is 4.72 Å². The number of aryl methyl sites for hydroxylation is 1. The molecule has 5 nitrogen and oxygen atoms in total. The van der Waals surface area contributed by atoms with Crippen LogP contribution in [0.25, 0.3) is 0 Å². The van der Waals surface area contributed by atoms with E-state index in [1.807, 2.05) is 6.92 Å². The number of aliphatic hydroxyl groups excluding tert-OH is 1. The molecule has 1 fully saturated rings. The highest BCUT2D eigenvalue weighted by atomic mass is 32.2. The van der Waals surface area contributed by atoms with Crippen molar-refractivity contribution in [3.63, 3.8) is 0 Å². The molecule has 0 radical (unpaired) electrons. The average Bonchev–Trinajstić information content (AvgIpc) is 2.82. The predicted molar refractivity (Wildman–Crippen MR) is 76.0 cm³/mol. The van der Waals surface area contributed by atoms with Crippen molar-refractivity contribution in [1.29, 1.82) is 0 Å². The van der Waals surface area contributed by atoms with Crippen molar-refractivity contribution in [3.05, 3.63) is 29.8 Å². The molecule has 0 aromatic heterocycles. The van der Waals surface area contributed by atoms with Gasteiger partial charge in [0.05, 0.1) is 17.0 Å². The van der Waals surface area contributed by atoms with E-state index in [9.17, 15) is 8.42 Å². The summed E-state index contributed by atoms with van der Waals surface area (Å²) in [4.78, 5) is 0.268. The molecule has 2 N–H and O–H groups in total.